The number of nitrogens with one attached hydrogen (secondary N) is 1. The summed E-state index contributed by atoms with van der Waals surface area (Å²) in [6.45, 7) is 2.00. The third-order valence-electron chi connectivity index (χ3n) is 3.24. The van der Waals surface area contributed by atoms with Gasteiger partial charge in [0.2, 0.25) is 10.0 Å². The number of furan rings is 1. The molecule has 1 aromatic carbocycles. The van der Waals surface area contributed by atoms with Crippen molar-refractivity contribution in [1.82, 2.24) is 9.62 Å². The Hall–Kier alpha value is -2.12. The molecule has 1 amide bonds. The SMILES string of the molecule is Cc1ccc(S(=O)(=O)N(C)C)cc1C(=O)NCc1ccco1. The number of benzene rings is 1. The first-order valence-corrected chi connectivity index (χ1v) is 8.10. The van der Waals surface area contributed by atoms with Crippen LogP contribution in [-0.4, -0.2) is 32.7 Å². The Morgan fingerprint density at radius 1 is 1.27 bits per heavy atom. The van der Waals surface area contributed by atoms with Crippen LogP contribution in [0, 0.1) is 6.92 Å². The van der Waals surface area contributed by atoms with E-state index in [0.717, 1.165) is 4.31 Å². The molecule has 1 N–H and O–H groups in total. The van der Waals surface area contributed by atoms with Gasteiger partial charge in [0.25, 0.3) is 5.91 Å². The monoisotopic (exact) mass is 322 g/mol. The number of hydrogen-bond acceptors (Lipinski definition) is 4. The summed E-state index contributed by atoms with van der Waals surface area (Å²) in [6.07, 6.45) is 1.52. The Morgan fingerprint density at radius 3 is 2.59 bits per heavy atom. The molecule has 0 aliphatic carbocycles. The van der Waals surface area contributed by atoms with E-state index in [1.807, 2.05) is 0 Å². The molecule has 2 rings (SSSR count). The highest BCUT2D eigenvalue weighted by molar-refractivity contribution is 7.89. The van der Waals surface area contributed by atoms with Gasteiger partial charge < -0.3 is 9.73 Å². The first-order chi connectivity index (χ1) is 10.3. The number of amides is 1. The van der Waals surface area contributed by atoms with Gasteiger partial charge in [-0.2, -0.15) is 0 Å². The van der Waals surface area contributed by atoms with E-state index in [0.29, 0.717) is 16.9 Å². The van der Waals surface area contributed by atoms with Crippen molar-refractivity contribution in [2.45, 2.75) is 18.4 Å². The van der Waals surface area contributed by atoms with Gasteiger partial charge in [0, 0.05) is 19.7 Å². The summed E-state index contributed by atoms with van der Waals surface area (Å²) in [7, 11) is -0.673. The average molecular weight is 322 g/mol. The molecule has 22 heavy (non-hydrogen) atoms. The maximum absolute atomic E-state index is 12.2. The molecule has 0 aliphatic heterocycles. The second-order valence-electron chi connectivity index (χ2n) is 5.03. The molecule has 0 bridgehead atoms. The summed E-state index contributed by atoms with van der Waals surface area (Å²) in [5.74, 6) is 0.285. The lowest BCUT2D eigenvalue weighted by Crippen LogP contribution is -2.25. The van der Waals surface area contributed by atoms with Crippen LogP contribution in [0.2, 0.25) is 0 Å². The zero-order chi connectivity index (χ0) is 16.3. The lowest BCUT2D eigenvalue weighted by Gasteiger charge is -2.13. The Labute approximate surface area is 129 Å². The third-order valence-corrected chi connectivity index (χ3v) is 5.05. The van der Waals surface area contributed by atoms with Crippen molar-refractivity contribution in [1.29, 1.82) is 0 Å². The van der Waals surface area contributed by atoms with E-state index in [1.165, 1.54) is 32.5 Å². The average Bonchev–Trinajstić information content (AvgIpc) is 2.98. The molecule has 0 saturated carbocycles. The van der Waals surface area contributed by atoms with Crippen LogP contribution in [0.4, 0.5) is 0 Å². The largest absolute Gasteiger partial charge is 0.467 e. The van der Waals surface area contributed by atoms with Crippen LogP contribution in [-0.2, 0) is 16.6 Å². The van der Waals surface area contributed by atoms with Crippen LogP contribution >= 0.6 is 0 Å². The van der Waals surface area contributed by atoms with Crippen molar-refractivity contribution in [2.75, 3.05) is 14.1 Å². The highest BCUT2D eigenvalue weighted by Crippen LogP contribution is 2.18. The maximum atomic E-state index is 12.2. The van der Waals surface area contributed by atoms with E-state index in [9.17, 15) is 13.2 Å². The van der Waals surface area contributed by atoms with Crippen molar-refractivity contribution in [2.24, 2.45) is 0 Å². The molecular weight excluding hydrogens is 304 g/mol. The maximum Gasteiger partial charge on any atom is 0.251 e. The highest BCUT2D eigenvalue weighted by atomic mass is 32.2. The van der Waals surface area contributed by atoms with Gasteiger partial charge in [-0.15, -0.1) is 0 Å². The molecule has 0 spiro atoms. The molecule has 6 nitrogen and oxygen atoms in total. The van der Waals surface area contributed by atoms with Crippen molar-refractivity contribution in [3.63, 3.8) is 0 Å². The second kappa shape index (κ2) is 6.33. The number of carbonyl (C=O) groups excluding carboxylic acids is 1. The molecule has 118 valence electrons. The molecule has 7 heteroatoms. The van der Waals surface area contributed by atoms with Crippen molar-refractivity contribution >= 4 is 15.9 Å². The van der Waals surface area contributed by atoms with Gasteiger partial charge in [-0.25, -0.2) is 12.7 Å². The molecule has 0 saturated heterocycles. The Bertz CT molecular complexity index is 765. The smallest absolute Gasteiger partial charge is 0.251 e. The first-order valence-electron chi connectivity index (χ1n) is 6.66. The van der Waals surface area contributed by atoms with Crippen LogP contribution in [0.25, 0.3) is 0 Å². The quantitative estimate of drug-likeness (QED) is 0.910. The van der Waals surface area contributed by atoms with Gasteiger partial charge in [-0.3, -0.25) is 4.79 Å². The van der Waals surface area contributed by atoms with E-state index in [2.05, 4.69) is 5.32 Å². The molecule has 1 heterocycles. The summed E-state index contributed by atoms with van der Waals surface area (Å²) in [5, 5.41) is 2.71. The number of sulfonamides is 1. The van der Waals surface area contributed by atoms with Crippen molar-refractivity contribution in [3.05, 3.63) is 53.5 Å². The molecule has 0 aliphatic rings. The van der Waals surface area contributed by atoms with E-state index in [1.54, 1.807) is 25.1 Å². The summed E-state index contributed by atoms with van der Waals surface area (Å²) >= 11 is 0. The number of carbonyl (C=O) groups is 1. The Kier molecular flexibility index (Phi) is 4.68. The van der Waals surface area contributed by atoms with Crippen LogP contribution in [0.1, 0.15) is 21.7 Å². The minimum atomic E-state index is -3.57. The second-order valence-corrected chi connectivity index (χ2v) is 7.18. The molecule has 0 radical (unpaired) electrons. The lowest BCUT2D eigenvalue weighted by molar-refractivity contribution is 0.0947. The fraction of sp³-hybridized carbons (Fsp3) is 0.267. The normalized spacial score (nSPS) is 11.6. The van der Waals surface area contributed by atoms with Crippen LogP contribution in [0.3, 0.4) is 0 Å². The standard InChI is InChI=1S/C15H18N2O4S/c1-11-6-7-13(22(19,20)17(2)3)9-14(11)15(18)16-10-12-5-4-8-21-12/h4-9H,10H2,1-3H3,(H,16,18). The zero-order valence-corrected chi connectivity index (χ0v) is 13.5. The minimum Gasteiger partial charge on any atom is -0.467 e. The molecule has 0 atom stereocenters. The third kappa shape index (κ3) is 3.37. The summed E-state index contributed by atoms with van der Waals surface area (Å²) in [5.41, 5.74) is 1.03. The highest BCUT2D eigenvalue weighted by Gasteiger charge is 2.20. The van der Waals surface area contributed by atoms with Gasteiger partial charge in [0.1, 0.15) is 5.76 Å². The lowest BCUT2D eigenvalue weighted by atomic mass is 10.1. The topological polar surface area (TPSA) is 79.6 Å². The molecule has 2 aromatic rings. The van der Waals surface area contributed by atoms with Gasteiger partial charge in [0.05, 0.1) is 17.7 Å². The van der Waals surface area contributed by atoms with Crippen LogP contribution in [0.15, 0.2) is 45.9 Å². The Morgan fingerprint density at radius 2 is 2.00 bits per heavy atom. The molecule has 1 aromatic heterocycles. The summed E-state index contributed by atoms with van der Waals surface area (Å²) < 4.78 is 30.5. The van der Waals surface area contributed by atoms with Crippen LogP contribution in [0.5, 0.6) is 0 Å². The number of hydrogen-bond donors (Lipinski definition) is 1. The summed E-state index contributed by atoms with van der Waals surface area (Å²) in [6, 6.07) is 7.99. The summed E-state index contributed by atoms with van der Waals surface area (Å²) in [4.78, 5) is 12.3. The van der Waals surface area contributed by atoms with Gasteiger partial charge in [-0.05, 0) is 36.8 Å². The fourth-order valence-electron chi connectivity index (χ4n) is 1.89. The van der Waals surface area contributed by atoms with Gasteiger partial charge >= 0.3 is 0 Å². The predicted octanol–water partition coefficient (Wildman–Crippen LogP) is 1.77. The molecule has 0 fully saturated rings. The Balaban J connectivity index is 2.25. The van der Waals surface area contributed by atoms with E-state index in [4.69, 9.17) is 4.42 Å². The van der Waals surface area contributed by atoms with Crippen molar-refractivity contribution < 1.29 is 17.6 Å². The molecule has 0 unspecified atom stereocenters. The van der Waals surface area contributed by atoms with Gasteiger partial charge in [0.15, 0.2) is 0 Å². The zero-order valence-electron chi connectivity index (χ0n) is 12.7. The number of rotatable bonds is 5. The molecular formula is C15H18N2O4S. The van der Waals surface area contributed by atoms with E-state index >= 15 is 0 Å². The van der Waals surface area contributed by atoms with Crippen molar-refractivity contribution in [3.8, 4) is 0 Å². The number of aryl methyl sites for hydroxylation is 1. The van der Waals surface area contributed by atoms with Gasteiger partial charge in [-0.1, -0.05) is 6.07 Å². The van der Waals surface area contributed by atoms with E-state index in [-0.39, 0.29) is 17.3 Å². The first kappa shape index (κ1) is 16.3. The minimum absolute atomic E-state index is 0.0891. The van der Waals surface area contributed by atoms with Crippen LogP contribution < -0.4 is 5.32 Å². The number of nitrogens with zero attached hydrogens (tertiary/aromatic N) is 1. The predicted molar refractivity (Wildman–Crippen MR) is 81.9 cm³/mol. The van der Waals surface area contributed by atoms with E-state index < -0.39 is 10.0 Å². The fourth-order valence-corrected chi connectivity index (χ4v) is 2.82.